The third-order valence-corrected chi connectivity index (χ3v) is 5.64. The Morgan fingerprint density at radius 2 is 1.89 bits per heavy atom. The predicted molar refractivity (Wildman–Crippen MR) is 107 cm³/mol. The molecule has 0 unspecified atom stereocenters. The highest BCUT2D eigenvalue weighted by molar-refractivity contribution is 7.99. The van der Waals surface area contributed by atoms with E-state index in [1.807, 2.05) is 10.8 Å². The van der Waals surface area contributed by atoms with Crippen LogP contribution in [0.25, 0.3) is 5.69 Å². The van der Waals surface area contributed by atoms with Crippen molar-refractivity contribution in [3.05, 3.63) is 42.2 Å². The second-order valence-electron chi connectivity index (χ2n) is 6.98. The lowest BCUT2D eigenvalue weighted by atomic mass is 10.0. The standard InChI is InChI=1S/C20H26N4O2S/c1-15(2)16-5-7-17(8-6-16)24-12-9-21-20(24)27-14-18(25)22-13-19(26)23-10-3-4-11-23/h5-9,12,15H,3-4,10-11,13-14H2,1-2H3,(H,22,25). The van der Waals surface area contributed by atoms with Gasteiger partial charge in [-0.15, -0.1) is 0 Å². The van der Waals surface area contributed by atoms with Crippen LogP contribution in [-0.2, 0) is 9.59 Å². The number of aromatic nitrogens is 2. The fourth-order valence-electron chi connectivity index (χ4n) is 3.05. The first kappa shape index (κ1) is 19.5. The number of benzene rings is 1. The van der Waals surface area contributed by atoms with Crippen molar-refractivity contribution in [1.82, 2.24) is 19.8 Å². The van der Waals surface area contributed by atoms with Crippen LogP contribution in [0.2, 0.25) is 0 Å². The molecule has 2 heterocycles. The molecule has 144 valence electrons. The molecular weight excluding hydrogens is 360 g/mol. The summed E-state index contributed by atoms with van der Waals surface area (Å²) in [4.78, 5) is 30.2. The first-order valence-electron chi connectivity index (χ1n) is 9.35. The first-order valence-corrected chi connectivity index (χ1v) is 10.3. The molecule has 27 heavy (non-hydrogen) atoms. The van der Waals surface area contributed by atoms with Crippen LogP contribution in [0, 0.1) is 0 Å². The van der Waals surface area contributed by atoms with Gasteiger partial charge in [0, 0.05) is 31.2 Å². The highest BCUT2D eigenvalue weighted by Gasteiger charge is 2.18. The number of imidazole rings is 1. The molecule has 2 amide bonds. The van der Waals surface area contributed by atoms with Crippen LogP contribution in [0.3, 0.4) is 0 Å². The summed E-state index contributed by atoms with van der Waals surface area (Å²) in [6.45, 7) is 6.01. The van der Waals surface area contributed by atoms with E-state index >= 15 is 0 Å². The van der Waals surface area contributed by atoms with E-state index in [9.17, 15) is 9.59 Å². The van der Waals surface area contributed by atoms with Gasteiger partial charge in [0.15, 0.2) is 5.16 Å². The summed E-state index contributed by atoms with van der Waals surface area (Å²) in [6.07, 6.45) is 5.72. The van der Waals surface area contributed by atoms with Crippen LogP contribution in [0.1, 0.15) is 38.2 Å². The van der Waals surface area contributed by atoms with E-state index in [4.69, 9.17) is 0 Å². The summed E-state index contributed by atoms with van der Waals surface area (Å²) in [5.74, 6) is 0.562. The fraction of sp³-hybridized carbons (Fsp3) is 0.450. The van der Waals surface area contributed by atoms with Crippen molar-refractivity contribution in [2.24, 2.45) is 0 Å². The van der Waals surface area contributed by atoms with Crippen molar-refractivity contribution in [3.8, 4) is 5.69 Å². The molecule has 1 saturated heterocycles. The number of nitrogens with zero attached hydrogens (tertiary/aromatic N) is 3. The number of hydrogen-bond acceptors (Lipinski definition) is 4. The molecule has 2 aromatic rings. The Balaban J connectivity index is 1.52. The Kier molecular flexibility index (Phi) is 6.55. The van der Waals surface area contributed by atoms with Gasteiger partial charge in [0.1, 0.15) is 0 Å². The first-order chi connectivity index (χ1) is 13.0. The third kappa shape index (κ3) is 5.13. The Bertz CT molecular complexity index is 780. The van der Waals surface area contributed by atoms with Crippen LogP contribution in [0.15, 0.2) is 41.8 Å². The highest BCUT2D eigenvalue weighted by Crippen LogP contribution is 2.22. The van der Waals surface area contributed by atoms with Gasteiger partial charge in [-0.25, -0.2) is 4.98 Å². The van der Waals surface area contributed by atoms with Crippen LogP contribution < -0.4 is 5.32 Å². The van der Waals surface area contributed by atoms with Crippen LogP contribution in [0.4, 0.5) is 0 Å². The fourth-order valence-corrected chi connectivity index (χ4v) is 3.85. The number of carbonyl (C=O) groups is 2. The smallest absolute Gasteiger partial charge is 0.241 e. The van der Waals surface area contributed by atoms with Gasteiger partial charge in [-0.3, -0.25) is 14.2 Å². The van der Waals surface area contributed by atoms with Gasteiger partial charge < -0.3 is 10.2 Å². The van der Waals surface area contributed by atoms with Crippen molar-refractivity contribution in [1.29, 1.82) is 0 Å². The van der Waals surface area contributed by atoms with Crippen molar-refractivity contribution in [2.45, 2.75) is 37.8 Å². The normalized spacial score (nSPS) is 14.0. The maximum absolute atomic E-state index is 12.1. The zero-order chi connectivity index (χ0) is 19.2. The van der Waals surface area contributed by atoms with Gasteiger partial charge in [-0.05, 0) is 36.5 Å². The number of amides is 2. The molecular formula is C20H26N4O2S. The van der Waals surface area contributed by atoms with Crippen molar-refractivity contribution >= 4 is 23.6 Å². The molecule has 1 fully saturated rings. The minimum atomic E-state index is -0.155. The summed E-state index contributed by atoms with van der Waals surface area (Å²) >= 11 is 1.37. The molecule has 3 rings (SSSR count). The molecule has 0 bridgehead atoms. The van der Waals surface area contributed by atoms with Crippen LogP contribution >= 0.6 is 11.8 Å². The van der Waals surface area contributed by atoms with Gasteiger partial charge in [-0.2, -0.15) is 0 Å². The van der Waals surface area contributed by atoms with Gasteiger partial charge in [0.05, 0.1) is 12.3 Å². The topological polar surface area (TPSA) is 67.2 Å². The Hall–Kier alpha value is -2.28. The lowest BCUT2D eigenvalue weighted by Gasteiger charge is -2.15. The molecule has 1 aliphatic rings. The number of hydrogen-bond donors (Lipinski definition) is 1. The Morgan fingerprint density at radius 3 is 2.56 bits per heavy atom. The second kappa shape index (κ2) is 9.08. The van der Waals surface area contributed by atoms with Crippen molar-refractivity contribution in [2.75, 3.05) is 25.4 Å². The monoisotopic (exact) mass is 386 g/mol. The average Bonchev–Trinajstić information content (AvgIpc) is 3.36. The molecule has 0 atom stereocenters. The number of rotatable bonds is 7. The molecule has 1 aromatic heterocycles. The number of likely N-dealkylation sites (tertiary alicyclic amines) is 1. The number of thioether (sulfide) groups is 1. The van der Waals surface area contributed by atoms with E-state index in [0.717, 1.165) is 36.8 Å². The maximum Gasteiger partial charge on any atom is 0.241 e. The largest absolute Gasteiger partial charge is 0.346 e. The summed E-state index contributed by atoms with van der Waals surface area (Å²) in [5, 5.41) is 3.47. The lowest BCUT2D eigenvalue weighted by molar-refractivity contribution is -0.131. The zero-order valence-electron chi connectivity index (χ0n) is 15.9. The average molecular weight is 387 g/mol. The summed E-state index contributed by atoms with van der Waals surface area (Å²) < 4.78 is 1.97. The second-order valence-corrected chi connectivity index (χ2v) is 7.92. The Labute approximate surface area is 164 Å². The minimum absolute atomic E-state index is 0.00223. The van der Waals surface area contributed by atoms with E-state index in [2.05, 4.69) is 48.4 Å². The number of nitrogens with one attached hydrogen (secondary N) is 1. The van der Waals surface area contributed by atoms with Gasteiger partial charge in [-0.1, -0.05) is 37.7 Å². The SMILES string of the molecule is CC(C)c1ccc(-n2ccnc2SCC(=O)NCC(=O)N2CCCC2)cc1. The van der Waals surface area contributed by atoms with E-state index in [1.165, 1.54) is 17.3 Å². The molecule has 0 saturated carbocycles. The maximum atomic E-state index is 12.1. The highest BCUT2D eigenvalue weighted by atomic mass is 32.2. The summed E-state index contributed by atoms with van der Waals surface area (Å²) in [7, 11) is 0. The molecule has 0 spiro atoms. The molecule has 0 aliphatic carbocycles. The third-order valence-electron chi connectivity index (χ3n) is 4.67. The van der Waals surface area contributed by atoms with Crippen LogP contribution in [-0.4, -0.2) is 51.7 Å². The van der Waals surface area contributed by atoms with E-state index in [-0.39, 0.29) is 24.1 Å². The quantitative estimate of drug-likeness (QED) is 0.743. The summed E-state index contributed by atoms with van der Waals surface area (Å²) in [5.41, 5.74) is 2.30. The number of carbonyl (C=O) groups excluding carboxylic acids is 2. The van der Waals surface area contributed by atoms with Crippen molar-refractivity contribution < 1.29 is 9.59 Å². The molecule has 6 nitrogen and oxygen atoms in total. The zero-order valence-corrected chi connectivity index (χ0v) is 16.7. The Morgan fingerprint density at radius 1 is 1.19 bits per heavy atom. The van der Waals surface area contributed by atoms with Gasteiger partial charge in [0.25, 0.3) is 0 Å². The molecule has 1 aliphatic heterocycles. The van der Waals surface area contributed by atoms with E-state index in [0.29, 0.717) is 5.92 Å². The lowest BCUT2D eigenvalue weighted by Crippen LogP contribution is -2.39. The van der Waals surface area contributed by atoms with E-state index < -0.39 is 0 Å². The predicted octanol–water partition coefficient (Wildman–Crippen LogP) is 2.83. The van der Waals surface area contributed by atoms with Gasteiger partial charge >= 0.3 is 0 Å². The molecule has 1 aromatic carbocycles. The van der Waals surface area contributed by atoms with Crippen LogP contribution in [0.5, 0.6) is 0 Å². The van der Waals surface area contributed by atoms with Crippen molar-refractivity contribution in [3.63, 3.8) is 0 Å². The molecule has 0 radical (unpaired) electrons. The molecule has 7 heteroatoms. The van der Waals surface area contributed by atoms with E-state index in [1.54, 1.807) is 11.1 Å². The van der Waals surface area contributed by atoms with Gasteiger partial charge in [0.2, 0.25) is 11.8 Å². The minimum Gasteiger partial charge on any atom is -0.346 e. The summed E-state index contributed by atoms with van der Waals surface area (Å²) in [6, 6.07) is 8.36. The molecule has 1 N–H and O–H groups in total.